The summed E-state index contributed by atoms with van der Waals surface area (Å²) in [6.07, 6.45) is -0.126. The Hall–Kier alpha value is -3.25. The van der Waals surface area contributed by atoms with Crippen molar-refractivity contribution in [2.75, 3.05) is 0 Å². The lowest BCUT2D eigenvalue weighted by atomic mass is 9.74. The molecule has 6 nitrogen and oxygen atoms in total. The van der Waals surface area contributed by atoms with Gasteiger partial charge in [0.15, 0.2) is 17.3 Å². The van der Waals surface area contributed by atoms with Crippen LogP contribution >= 0.6 is 0 Å². The van der Waals surface area contributed by atoms with Gasteiger partial charge in [0.05, 0.1) is 17.0 Å². The first-order chi connectivity index (χ1) is 12.4. The topological polar surface area (TPSA) is 112 Å². The van der Waals surface area contributed by atoms with Gasteiger partial charge >= 0.3 is 0 Å². The highest BCUT2D eigenvalue weighted by atomic mass is 16.3. The van der Waals surface area contributed by atoms with Gasteiger partial charge in [-0.25, -0.2) is 0 Å². The molecule has 6 heteroatoms. The molecular formula is C20H12O6. The van der Waals surface area contributed by atoms with Crippen LogP contribution in [-0.4, -0.2) is 32.7 Å². The summed E-state index contributed by atoms with van der Waals surface area (Å²) in [5, 5.41) is 31.6. The molecule has 0 aromatic heterocycles. The number of phenolic OH excluding ortho intramolecular Hbond substituents is 2. The molecule has 3 aliphatic carbocycles. The van der Waals surface area contributed by atoms with Gasteiger partial charge < -0.3 is 15.3 Å². The molecule has 0 saturated heterocycles. The molecule has 3 aliphatic rings. The van der Waals surface area contributed by atoms with Crippen molar-refractivity contribution >= 4 is 17.3 Å². The van der Waals surface area contributed by atoms with Crippen molar-refractivity contribution in [2.24, 2.45) is 5.92 Å². The largest absolute Gasteiger partial charge is 0.507 e. The first-order valence-electron chi connectivity index (χ1n) is 8.11. The normalized spacial score (nSPS) is 25.9. The van der Waals surface area contributed by atoms with Gasteiger partial charge in [0.2, 0.25) is 0 Å². The van der Waals surface area contributed by atoms with Crippen LogP contribution in [0.15, 0.2) is 47.5 Å². The number of allylic oxidation sites excluding steroid dienone is 1. The van der Waals surface area contributed by atoms with Gasteiger partial charge in [-0.3, -0.25) is 14.4 Å². The first kappa shape index (κ1) is 15.0. The van der Waals surface area contributed by atoms with Crippen molar-refractivity contribution in [3.05, 3.63) is 69.8 Å². The molecule has 0 saturated carbocycles. The number of aliphatic hydroxyl groups is 1. The molecule has 0 aliphatic heterocycles. The lowest BCUT2D eigenvalue weighted by Crippen LogP contribution is -2.36. The summed E-state index contributed by atoms with van der Waals surface area (Å²) in [5.41, 5.74) is -2.14. The quantitative estimate of drug-likeness (QED) is 0.670. The average Bonchev–Trinajstić information content (AvgIpc) is 2.90. The minimum absolute atomic E-state index is 0.0194. The number of ketones is 3. The Bertz CT molecular complexity index is 1110. The van der Waals surface area contributed by atoms with E-state index < -0.39 is 28.9 Å². The number of phenols is 2. The zero-order valence-electron chi connectivity index (χ0n) is 13.3. The van der Waals surface area contributed by atoms with Crippen LogP contribution in [0.2, 0.25) is 0 Å². The van der Waals surface area contributed by atoms with Crippen molar-refractivity contribution in [2.45, 2.75) is 12.0 Å². The predicted molar refractivity (Wildman–Crippen MR) is 88.2 cm³/mol. The maximum absolute atomic E-state index is 13.1. The fourth-order valence-corrected chi connectivity index (χ4v) is 4.50. The van der Waals surface area contributed by atoms with E-state index in [1.165, 1.54) is 36.4 Å². The minimum Gasteiger partial charge on any atom is -0.507 e. The number of carbonyl (C=O) groups is 3. The number of aromatic hydroxyl groups is 2. The number of hydrogen-bond acceptors (Lipinski definition) is 6. The van der Waals surface area contributed by atoms with Crippen LogP contribution in [0.25, 0.3) is 0 Å². The Morgan fingerprint density at radius 3 is 2.27 bits per heavy atom. The van der Waals surface area contributed by atoms with Crippen molar-refractivity contribution < 1.29 is 29.7 Å². The monoisotopic (exact) mass is 348 g/mol. The Balaban J connectivity index is 1.86. The van der Waals surface area contributed by atoms with E-state index in [-0.39, 0.29) is 51.3 Å². The Morgan fingerprint density at radius 1 is 0.885 bits per heavy atom. The smallest absolute Gasteiger partial charge is 0.197 e. The van der Waals surface area contributed by atoms with Crippen molar-refractivity contribution in [1.29, 1.82) is 0 Å². The zero-order chi connectivity index (χ0) is 18.4. The van der Waals surface area contributed by atoms with E-state index in [9.17, 15) is 29.7 Å². The van der Waals surface area contributed by atoms with Gasteiger partial charge in [0.25, 0.3) is 0 Å². The van der Waals surface area contributed by atoms with Crippen LogP contribution in [-0.2, 0) is 5.60 Å². The van der Waals surface area contributed by atoms with Crippen LogP contribution in [0.3, 0.4) is 0 Å². The average molecular weight is 348 g/mol. The van der Waals surface area contributed by atoms with E-state index in [0.717, 1.165) is 0 Å². The van der Waals surface area contributed by atoms with Crippen LogP contribution in [0.1, 0.15) is 43.1 Å². The summed E-state index contributed by atoms with van der Waals surface area (Å²) in [6.45, 7) is 0. The summed E-state index contributed by atoms with van der Waals surface area (Å²) in [6, 6.07) is 8.43. The van der Waals surface area contributed by atoms with Crippen molar-refractivity contribution in [3.8, 4) is 11.5 Å². The number of Topliss-reactive ketones (excluding diaryl/α,β-unsaturated/α-hetero) is 3. The van der Waals surface area contributed by atoms with E-state index in [2.05, 4.69) is 0 Å². The third kappa shape index (κ3) is 1.49. The Kier molecular flexibility index (Phi) is 2.59. The Morgan fingerprint density at radius 2 is 1.54 bits per heavy atom. The lowest BCUT2D eigenvalue weighted by molar-refractivity contribution is 0.0486. The summed E-state index contributed by atoms with van der Waals surface area (Å²) >= 11 is 0. The maximum Gasteiger partial charge on any atom is 0.197 e. The second kappa shape index (κ2) is 4.47. The lowest BCUT2D eigenvalue weighted by Gasteiger charge is -2.32. The van der Waals surface area contributed by atoms with Crippen LogP contribution in [0, 0.1) is 5.92 Å². The molecule has 0 fully saturated rings. The summed E-state index contributed by atoms with van der Waals surface area (Å²) in [4.78, 5) is 39.0. The number of hydrogen-bond donors (Lipinski definition) is 3. The number of rotatable bonds is 0. The number of fused-ring (bicyclic) bond motifs is 7. The number of carbonyl (C=O) groups excluding carboxylic acids is 3. The SMILES string of the molecule is O=C1C2=C(C(=O)c3c(O)cccc31)[C@]1(O)C[C@H]2C(=O)c2c(O)cccc21. The van der Waals surface area contributed by atoms with Crippen LogP contribution < -0.4 is 0 Å². The van der Waals surface area contributed by atoms with E-state index in [4.69, 9.17) is 0 Å². The van der Waals surface area contributed by atoms with E-state index in [0.29, 0.717) is 0 Å². The molecule has 0 spiro atoms. The van der Waals surface area contributed by atoms with Crippen LogP contribution in [0.4, 0.5) is 0 Å². The molecule has 0 amide bonds. The molecule has 5 rings (SSSR count). The number of benzene rings is 2. The standard InChI is InChI=1S/C20H12O6/c21-11-5-1-3-8-13(11)19(25)16-14(17(8)23)9-7-20(16,26)10-4-2-6-12(22)15(10)18(9)24/h1-6,9,21-22,26H,7H2/t9-,20+/m1/s1. The molecule has 2 bridgehead atoms. The van der Waals surface area contributed by atoms with E-state index >= 15 is 0 Å². The highest BCUT2D eigenvalue weighted by Crippen LogP contribution is 2.57. The minimum atomic E-state index is -1.85. The molecular weight excluding hydrogens is 336 g/mol. The molecule has 3 N–H and O–H groups in total. The van der Waals surface area contributed by atoms with Gasteiger partial charge in [-0.05, 0) is 18.6 Å². The third-order valence-corrected chi connectivity index (χ3v) is 5.57. The van der Waals surface area contributed by atoms with E-state index in [1.54, 1.807) is 0 Å². The van der Waals surface area contributed by atoms with Crippen molar-refractivity contribution in [3.63, 3.8) is 0 Å². The molecule has 2 atom stereocenters. The van der Waals surface area contributed by atoms with Gasteiger partial charge in [0, 0.05) is 22.3 Å². The zero-order valence-corrected chi connectivity index (χ0v) is 13.3. The molecule has 0 unspecified atom stereocenters. The summed E-state index contributed by atoms with van der Waals surface area (Å²) in [7, 11) is 0. The van der Waals surface area contributed by atoms with Gasteiger partial charge in [-0.15, -0.1) is 0 Å². The maximum atomic E-state index is 13.1. The van der Waals surface area contributed by atoms with Gasteiger partial charge in [-0.1, -0.05) is 24.3 Å². The second-order valence-electron chi connectivity index (χ2n) is 6.83. The summed E-state index contributed by atoms with van der Waals surface area (Å²) < 4.78 is 0. The van der Waals surface area contributed by atoms with Gasteiger partial charge in [0.1, 0.15) is 17.1 Å². The summed E-state index contributed by atoms with van der Waals surface area (Å²) in [5.74, 6) is -3.34. The van der Waals surface area contributed by atoms with Crippen LogP contribution in [0.5, 0.6) is 11.5 Å². The fourth-order valence-electron chi connectivity index (χ4n) is 4.50. The highest BCUT2D eigenvalue weighted by molar-refractivity contribution is 6.32. The third-order valence-electron chi connectivity index (χ3n) is 5.57. The molecule has 128 valence electrons. The molecule has 26 heavy (non-hydrogen) atoms. The second-order valence-corrected chi connectivity index (χ2v) is 6.83. The molecule has 0 radical (unpaired) electrons. The molecule has 0 heterocycles. The van der Waals surface area contributed by atoms with Crippen molar-refractivity contribution in [1.82, 2.24) is 0 Å². The predicted octanol–water partition coefficient (Wildman–Crippen LogP) is 1.88. The molecule has 2 aromatic carbocycles. The molecule has 2 aromatic rings. The highest BCUT2D eigenvalue weighted by Gasteiger charge is 2.59. The first-order valence-corrected chi connectivity index (χ1v) is 8.11. The van der Waals surface area contributed by atoms with E-state index in [1.807, 2.05) is 0 Å². The Labute approximate surface area is 147 Å². The van der Waals surface area contributed by atoms with Gasteiger partial charge in [-0.2, -0.15) is 0 Å². The fraction of sp³-hybridized carbons (Fsp3) is 0.150.